The van der Waals surface area contributed by atoms with Crippen molar-refractivity contribution < 1.29 is 28.5 Å². The summed E-state index contributed by atoms with van der Waals surface area (Å²) in [7, 11) is 0. The molecule has 2 fully saturated rings. The first kappa shape index (κ1) is 22.3. The van der Waals surface area contributed by atoms with Crippen LogP contribution in [0.15, 0.2) is 0 Å². The van der Waals surface area contributed by atoms with Gasteiger partial charge in [0.15, 0.2) is 0 Å². The van der Waals surface area contributed by atoms with E-state index in [-0.39, 0.29) is 26.4 Å². The van der Waals surface area contributed by atoms with E-state index in [2.05, 4.69) is 0 Å². The molecule has 0 aliphatic heterocycles. The highest BCUT2D eigenvalue weighted by Gasteiger charge is 2.69. The summed E-state index contributed by atoms with van der Waals surface area (Å²) in [6.45, 7) is 4.69. The quantitative estimate of drug-likeness (QED) is 0.272. The second kappa shape index (κ2) is 8.18. The average molecular weight is 452 g/mol. The lowest BCUT2D eigenvalue weighted by molar-refractivity contribution is -0.152. The van der Waals surface area contributed by atoms with Crippen molar-refractivity contribution in [1.82, 2.24) is 0 Å². The molecule has 0 saturated heterocycles. The minimum Gasteiger partial charge on any atom is -0.463 e. The summed E-state index contributed by atoms with van der Waals surface area (Å²) in [6.07, 6.45) is 0.772. The van der Waals surface area contributed by atoms with Gasteiger partial charge in [0, 0.05) is 12.8 Å². The molecule has 2 saturated carbocycles. The Morgan fingerprint density at radius 2 is 0.962 bits per heavy atom. The predicted molar refractivity (Wildman–Crippen MR) is 97.9 cm³/mol. The van der Waals surface area contributed by atoms with Crippen LogP contribution in [-0.4, -0.2) is 60.2 Å². The topological polar surface area (TPSA) is 71.1 Å². The Hall–Kier alpha value is 0.0200. The molecule has 0 bridgehead atoms. The zero-order valence-electron chi connectivity index (χ0n) is 14.6. The van der Waals surface area contributed by atoms with Crippen molar-refractivity contribution in [2.75, 3.05) is 39.6 Å². The highest BCUT2D eigenvalue weighted by Crippen LogP contribution is 2.64. The van der Waals surface area contributed by atoms with Crippen LogP contribution in [0.3, 0.4) is 0 Å². The standard InChI is InChI=1S/C16H22Cl4O6/c1-13(9-15(13,17)18)11(21)25-7-5-23-3-4-24-6-8-26-12(22)14(2)10-16(14,19)20/h3-10H2,1-2H3/t13-,14-/m0/s1. The molecule has 0 aromatic heterocycles. The van der Waals surface area contributed by atoms with E-state index >= 15 is 0 Å². The minimum absolute atomic E-state index is 0.118. The molecule has 0 spiro atoms. The zero-order valence-corrected chi connectivity index (χ0v) is 17.6. The maximum atomic E-state index is 11.8. The summed E-state index contributed by atoms with van der Waals surface area (Å²) in [4.78, 5) is 23.6. The Labute approximate surface area is 172 Å². The number of esters is 2. The summed E-state index contributed by atoms with van der Waals surface area (Å²) in [6, 6.07) is 0. The SMILES string of the molecule is C[C@@]1(C(=O)OCCOCCOCCOC(=O)[C@]2(C)CC2(Cl)Cl)CC1(Cl)Cl. The second-order valence-corrected chi connectivity index (χ2v) is 9.89. The Kier molecular flexibility index (Phi) is 7.02. The lowest BCUT2D eigenvalue weighted by atomic mass is 10.1. The molecule has 0 radical (unpaired) electrons. The number of alkyl halides is 4. The lowest BCUT2D eigenvalue weighted by Gasteiger charge is -2.12. The number of halogens is 4. The van der Waals surface area contributed by atoms with Gasteiger partial charge in [0.1, 0.15) is 32.7 Å². The molecule has 0 unspecified atom stereocenters. The number of hydrogen-bond donors (Lipinski definition) is 0. The fourth-order valence-corrected chi connectivity index (χ4v) is 3.65. The van der Waals surface area contributed by atoms with E-state index in [1.807, 2.05) is 0 Å². The summed E-state index contributed by atoms with van der Waals surface area (Å²) < 4.78 is 18.6. The molecule has 6 nitrogen and oxygen atoms in total. The van der Waals surface area contributed by atoms with Gasteiger partial charge in [0.25, 0.3) is 0 Å². The average Bonchev–Trinajstić information content (AvgIpc) is 3.28. The Morgan fingerprint density at radius 3 is 1.23 bits per heavy atom. The monoisotopic (exact) mass is 450 g/mol. The Bertz CT molecular complexity index is 507. The maximum Gasteiger partial charge on any atom is 0.315 e. The number of rotatable bonds is 11. The molecule has 0 amide bonds. The van der Waals surface area contributed by atoms with Crippen molar-refractivity contribution in [1.29, 1.82) is 0 Å². The zero-order chi connectivity index (χ0) is 19.6. The van der Waals surface area contributed by atoms with Gasteiger partial charge in [-0.15, -0.1) is 46.4 Å². The van der Waals surface area contributed by atoms with E-state index in [0.29, 0.717) is 26.1 Å². The largest absolute Gasteiger partial charge is 0.463 e. The van der Waals surface area contributed by atoms with E-state index < -0.39 is 31.4 Å². The molecule has 10 heteroatoms. The highest BCUT2D eigenvalue weighted by molar-refractivity contribution is 6.53. The lowest BCUT2D eigenvalue weighted by Crippen LogP contribution is -2.23. The van der Waals surface area contributed by atoms with E-state index in [4.69, 9.17) is 65.4 Å². The van der Waals surface area contributed by atoms with Crippen molar-refractivity contribution in [3.63, 3.8) is 0 Å². The molecular formula is C16H22Cl4O6. The van der Waals surface area contributed by atoms with Crippen LogP contribution in [0.25, 0.3) is 0 Å². The third-order valence-corrected chi connectivity index (χ3v) is 6.91. The van der Waals surface area contributed by atoms with Crippen LogP contribution in [0.1, 0.15) is 26.7 Å². The molecule has 26 heavy (non-hydrogen) atoms. The van der Waals surface area contributed by atoms with Crippen molar-refractivity contribution in [2.24, 2.45) is 10.8 Å². The fourth-order valence-electron chi connectivity index (χ4n) is 2.27. The normalized spacial score (nSPS) is 30.5. The molecule has 0 aromatic rings. The third-order valence-electron chi connectivity index (χ3n) is 4.71. The van der Waals surface area contributed by atoms with E-state index in [9.17, 15) is 9.59 Å². The molecular weight excluding hydrogens is 430 g/mol. The molecule has 0 N–H and O–H groups in total. The summed E-state index contributed by atoms with van der Waals surface area (Å²) in [5.41, 5.74) is -1.67. The summed E-state index contributed by atoms with van der Waals surface area (Å²) in [5.74, 6) is -0.849. The van der Waals surface area contributed by atoms with E-state index in [1.165, 1.54) is 0 Å². The summed E-state index contributed by atoms with van der Waals surface area (Å²) in [5, 5.41) is 0. The van der Waals surface area contributed by atoms with Crippen LogP contribution < -0.4 is 0 Å². The molecule has 2 aliphatic carbocycles. The summed E-state index contributed by atoms with van der Waals surface area (Å²) >= 11 is 23.6. The number of carbonyl (C=O) groups excluding carboxylic acids is 2. The van der Waals surface area contributed by atoms with Crippen molar-refractivity contribution in [3.8, 4) is 0 Å². The molecule has 2 rings (SSSR count). The Balaban J connectivity index is 1.40. The van der Waals surface area contributed by atoms with Crippen molar-refractivity contribution in [2.45, 2.75) is 35.4 Å². The third kappa shape index (κ3) is 4.89. The van der Waals surface area contributed by atoms with Gasteiger partial charge in [0.05, 0.1) is 26.4 Å². The highest BCUT2D eigenvalue weighted by atomic mass is 35.5. The molecule has 2 atom stereocenters. The molecule has 0 heterocycles. The van der Waals surface area contributed by atoms with Crippen LogP contribution in [0, 0.1) is 10.8 Å². The first-order valence-electron chi connectivity index (χ1n) is 8.22. The molecule has 2 aliphatic rings. The minimum atomic E-state index is -1.03. The number of ether oxygens (including phenoxy) is 4. The van der Waals surface area contributed by atoms with Gasteiger partial charge in [-0.2, -0.15) is 0 Å². The number of carbonyl (C=O) groups is 2. The van der Waals surface area contributed by atoms with E-state index in [0.717, 1.165) is 0 Å². The van der Waals surface area contributed by atoms with Crippen LogP contribution in [0.4, 0.5) is 0 Å². The second-order valence-electron chi connectivity index (χ2n) is 6.92. The fraction of sp³-hybridized carbons (Fsp3) is 0.875. The predicted octanol–water partition coefficient (Wildman–Crippen LogP) is 3.27. The van der Waals surface area contributed by atoms with Crippen LogP contribution in [-0.2, 0) is 28.5 Å². The van der Waals surface area contributed by atoms with Gasteiger partial charge < -0.3 is 18.9 Å². The van der Waals surface area contributed by atoms with Crippen molar-refractivity contribution >= 4 is 58.3 Å². The number of hydrogen-bond acceptors (Lipinski definition) is 6. The van der Waals surface area contributed by atoms with Gasteiger partial charge >= 0.3 is 11.9 Å². The van der Waals surface area contributed by atoms with Crippen molar-refractivity contribution in [3.05, 3.63) is 0 Å². The van der Waals surface area contributed by atoms with Gasteiger partial charge in [-0.1, -0.05) is 0 Å². The van der Waals surface area contributed by atoms with Gasteiger partial charge in [-0.05, 0) is 13.8 Å². The Morgan fingerprint density at radius 1 is 0.692 bits per heavy atom. The van der Waals surface area contributed by atoms with Gasteiger partial charge in [-0.3, -0.25) is 9.59 Å². The smallest absolute Gasteiger partial charge is 0.315 e. The van der Waals surface area contributed by atoms with Crippen LogP contribution >= 0.6 is 46.4 Å². The van der Waals surface area contributed by atoms with Crippen LogP contribution in [0.2, 0.25) is 0 Å². The van der Waals surface area contributed by atoms with Gasteiger partial charge in [-0.25, -0.2) is 0 Å². The van der Waals surface area contributed by atoms with Gasteiger partial charge in [0.2, 0.25) is 0 Å². The molecule has 0 aromatic carbocycles. The van der Waals surface area contributed by atoms with E-state index in [1.54, 1.807) is 13.8 Å². The first-order valence-corrected chi connectivity index (χ1v) is 9.73. The molecule has 150 valence electrons. The van der Waals surface area contributed by atoms with Crippen LogP contribution in [0.5, 0.6) is 0 Å². The maximum absolute atomic E-state index is 11.8. The first-order chi connectivity index (χ1) is 12.0.